The van der Waals surface area contributed by atoms with Crippen LogP contribution in [0.25, 0.3) is 0 Å². The summed E-state index contributed by atoms with van der Waals surface area (Å²) < 4.78 is 5.73. The highest BCUT2D eigenvalue weighted by Crippen LogP contribution is 2.36. The molecule has 2 saturated heterocycles. The van der Waals surface area contributed by atoms with Crippen LogP contribution >= 0.6 is 11.8 Å². The number of carboxylic acid groups (broad SMARTS) is 1. The number of hydrogen-bond donors (Lipinski definition) is 1. The van der Waals surface area contributed by atoms with E-state index < -0.39 is 5.30 Å². The molecule has 0 saturated carbocycles. The Balaban J connectivity index is 0.000000892. The molecule has 0 spiro atoms. The second-order valence-corrected chi connectivity index (χ2v) is 12.6. The van der Waals surface area contributed by atoms with Crippen LogP contribution in [0.1, 0.15) is 102 Å². The van der Waals surface area contributed by atoms with Gasteiger partial charge in [0, 0.05) is 51.6 Å². The van der Waals surface area contributed by atoms with E-state index in [1.54, 1.807) is 0 Å². The molecule has 1 aromatic rings. The Morgan fingerprint density at radius 2 is 1.83 bits per heavy atom. The minimum absolute atomic E-state index is 0.284. The van der Waals surface area contributed by atoms with E-state index in [0.717, 1.165) is 108 Å². The topological polar surface area (TPSA) is 90.4 Å². The lowest BCUT2D eigenvalue weighted by atomic mass is 9.93. The number of nitrogens with zero attached hydrogens (tertiary/aromatic N) is 3. The third-order valence-electron chi connectivity index (χ3n) is 8.80. The first-order valence-corrected chi connectivity index (χ1v) is 17.4. The van der Waals surface area contributed by atoms with Crippen molar-refractivity contribution < 1.29 is 24.2 Å². The summed E-state index contributed by atoms with van der Waals surface area (Å²) in [5.41, 5.74) is 2.70. The number of unbranched alkanes of at least 4 members (excludes halogenated alkanes) is 4. The molecule has 42 heavy (non-hydrogen) atoms. The van der Waals surface area contributed by atoms with Crippen molar-refractivity contribution in [1.82, 2.24) is 14.7 Å². The van der Waals surface area contributed by atoms with Crippen LogP contribution < -0.4 is 4.74 Å². The fourth-order valence-electron chi connectivity index (χ4n) is 6.30. The fourth-order valence-corrected chi connectivity index (χ4v) is 6.30. The molecule has 1 unspecified atom stereocenters. The average molecular weight is 604 g/mol. The standard InChI is InChI=1S/C31H49N3O3.C2H4O2S/c1-3-5-7-9-17-32(16-6-4-2)31(36)24-34-23-27(25-12-13-29-26(21-25)15-20-37-29)22-28(34)14-19-33-18-10-8-11-30(33)35;1-5-2(3)4/h12-13,21,27-28H,3-11,14-20,22-24H2,1-2H3;1H3,(H,3,4)/t27-,28?;/m1./s1. The number of fused-ring (bicyclic) bond motifs is 1. The first kappa shape index (κ1) is 34.2. The van der Waals surface area contributed by atoms with E-state index in [0.29, 0.717) is 30.8 Å². The zero-order valence-electron chi connectivity index (χ0n) is 26.2. The lowest BCUT2D eigenvalue weighted by molar-refractivity contribution is -0.134. The van der Waals surface area contributed by atoms with Crippen LogP contribution in [0, 0.1) is 0 Å². The molecule has 1 aromatic carbocycles. The third kappa shape index (κ3) is 10.8. The van der Waals surface area contributed by atoms with Gasteiger partial charge < -0.3 is 19.6 Å². The van der Waals surface area contributed by atoms with Gasteiger partial charge >= 0.3 is 5.30 Å². The van der Waals surface area contributed by atoms with Crippen LogP contribution in [-0.4, -0.2) is 95.1 Å². The van der Waals surface area contributed by atoms with E-state index in [2.05, 4.69) is 46.7 Å². The number of thioether (sulfide) groups is 1. The van der Waals surface area contributed by atoms with Crippen LogP contribution in [0.4, 0.5) is 4.79 Å². The summed E-state index contributed by atoms with van der Waals surface area (Å²) in [7, 11) is 0. The van der Waals surface area contributed by atoms with Crippen LogP contribution in [0.2, 0.25) is 0 Å². The molecule has 0 radical (unpaired) electrons. The van der Waals surface area contributed by atoms with E-state index in [4.69, 9.17) is 9.84 Å². The molecule has 236 valence electrons. The Morgan fingerprint density at radius 1 is 1.07 bits per heavy atom. The maximum atomic E-state index is 13.6. The molecule has 2 atom stereocenters. The maximum Gasteiger partial charge on any atom is 0.364 e. The van der Waals surface area contributed by atoms with Gasteiger partial charge in [0.2, 0.25) is 11.8 Å². The Bertz CT molecular complexity index is 1010. The van der Waals surface area contributed by atoms with E-state index in [1.165, 1.54) is 36.6 Å². The monoisotopic (exact) mass is 603 g/mol. The number of benzene rings is 1. The summed E-state index contributed by atoms with van der Waals surface area (Å²) in [5.74, 6) is 2.05. The Labute approximate surface area is 257 Å². The highest BCUT2D eigenvalue weighted by atomic mass is 32.2. The lowest BCUT2D eigenvalue weighted by Crippen LogP contribution is -2.44. The molecular formula is C33H53N3O5S. The van der Waals surface area contributed by atoms with Crippen molar-refractivity contribution >= 4 is 28.9 Å². The summed E-state index contributed by atoms with van der Waals surface area (Å²) >= 11 is 0.796. The van der Waals surface area contributed by atoms with Gasteiger partial charge in [-0.1, -0.05) is 51.7 Å². The molecule has 1 N–H and O–H groups in total. The van der Waals surface area contributed by atoms with Gasteiger partial charge in [-0.25, -0.2) is 4.79 Å². The molecule has 3 heterocycles. The summed E-state index contributed by atoms with van der Waals surface area (Å²) in [5, 5.41) is 6.86. The second-order valence-electron chi connectivity index (χ2n) is 11.9. The first-order chi connectivity index (χ1) is 20.4. The minimum atomic E-state index is -0.829. The Morgan fingerprint density at radius 3 is 2.55 bits per heavy atom. The Kier molecular flexibility index (Phi) is 15.0. The van der Waals surface area contributed by atoms with Crippen LogP contribution in [0.5, 0.6) is 5.75 Å². The number of rotatable bonds is 14. The number of carbonyl (C=O) groups is 3. The molecule has 3 aliphatic heterocycles. The number of piperidine rings is 1. The van der Waals surface area contributed by atoms with Crippen LogP contribution in [0.3, 0.4) is 0 Å². The van der Waals surface area contributed by atoms with Gasteiger partial charge in [0.05, 0.1) is 13.2 Å². The quantitative estimate of drug-likeness (QED) is 0.246. The van der Waals surface area contributed by atoms with Crippen molar-refractivity contribution in [3.8, 4) is 5.75 Å². The highest BCUT2D eigenvalue weighted by Gasteiger charge is 2.35. The normalized spacial score (nSPS) is 20.1. The van der Waals surface area contributed by atoms with Gasteiger partial charge in [0.25, 0.3) is 0 Å². The number of carbonyl (C=O) groups excluding carboxylic acids is 2. The van der Waals surface area contributed by atoms with Crippen molar-refractivity contribution in [3.05, 3.63) is 29.3 Å². The zero-order chi connectivity index (χ0) is 30.3. The molecule has 0 bridgehead atoms. The van der Waals surface area contributed by atoms with Gasteiger partial charge in [-0.2, -0.15) is 0 Å². The minimum Gasteiger partial charge on any atom is -0.493 e. The Hall–Kier alpha value is -2.26. The van der Waals surface area contributed by atoms with Gasteiger partial charge in [0.15, 0.2) is 0 Å². The molecular weight excluding hydrogens is 550 g/mol. The van der Waals surface area contributed by atoms with Crippen LogP contribution in [-0.2, 0) is 16.0 Å². The number of ether oxygens (including phenoxy) is 1. The number of likely N-dealkylation sites (tertiary alicyclic amines) is 2. The molecule has 2 amide bonds. The summed E-state index contributed by atoms with van der Waals surface area (Å²) in [6.45, 7) is 10.1. The lowest BCUT2D eigenvalue weighted by Gasteiger charge is -2.31. The second kappa shape index (κ2) is 18.4. The highest BCUT2D eigenvalue weighted by molar-refractivity contribution is 8.12. The predicted octanol–water partition coefficient (Wildman–Crippen LogP) is 6.42. The zero-order valence-corrected chi connectivity index (χ0v) is 27.0. The molecule has 2 fully saturated rings. The molecule has 0 aliphatic carbocycles. The van der Waals surface area contributed by atoms with Gasteiger partial charge in [-0.05, 0) is 79.7 Å². The van der Waals surface area contributed by atoms with Gasteiger partial charge in [0.1, 0.15) is 5.75 Å². The SMILES string of the molecule is CCCCCCN(CCCC)C(=O)CN1C[C@H](c2ccc3c(c2)CCO3)CC1CCN1CCCCC1=O.CSC(=O)O. The molecule has 8 nitrogen and oxygen atoms in total. The largest absolute Gasteiger partial charge is 0.493 e. The summed E-state index contributed by atoms with van der Waals surface area (Å²) in [4.78, 5) is 42.0. The summed E-state index contributed by atoms with van der Waals surface area (Å²) in [6, 6.07) is 7.04. The van der Waals surface area contributed by atoms with Crippen molar-refractivity contribution in [2.75, 3.05) is 52.1 Å². The van der Waals surface area contributed by atoms with Gasteiger partial charge in [-0.3, -0.25) is 14.5 Å². The number of hydrogen-bond acceptors (Lipinski definition) is 6. The third-order valence-corrected chi connectivity index (χ3v) is 9.14. The summed E-state index contributed by atoms with van der Waals surface area (Å²) in [6.07, 6.45) is 14.3. The molecule has 0 aromatic heterocycles. The maximum absolute atomic E-state index is 13.6. The van der Waals surface area contributed by atoms with E-state index in [9.17, 15) is 14.4 Å². The number of amides is 2. The molecule has 4 rings (SSSR count). The predicted molar refractivity (Wildman–Crippen MR) is 171 cm³/mol. The van der Waals surface area contributed by atoms with E-state index >= 15 is 0 Å². The van der Waals surface area contributed by atoms with Crippen LogP contribution in [0.15, 0.2) is 18.2 Å². The van der Waals surface area contributed by atoms with E-state index in [-0.39, 0.29) is 5.91 Å². The van der Waals surface area contributed by atoms with E-state index in [1.807, 2.05) is 0 Å². The fraction of sp³-hybridized carbons (Fsp3) is 0.727. The van der Waals surface area contributed by atoms with Crippen molar-refractivity contribution in [3.63, 3.8) is 0 Å². The van der Waals surface area contributed by atoms with Crippen molar-refractivity contribution in [1.29, 1.82) is 0 Å². The first-order valence-electron chi connectivity index (χ1n) is 16.2. The van der Waals surface area contributed by atoms with Crippen molar-refractivity contribution in [2.45, 2.75) is 103 Å². The average Bonchev–Trinajstić information content (AvgIpc) is 3.63. The van der Waals surface area contributed by atoms with Crippen molar-refractivity contribution in [2.24, 2.45) is 0 Å². The smallest absolute Gasteiger partial charge is 0.364 e. The molecule has 9 heteroatoms. The van der Waals surface area contributed by atoms with Gasteiger partial charge in [-0.15, -0.1) is 0 Å². The molecule has 3 aliphatic rings.